The number of rotatable bonds is 8. The molecule has 32 heavy (non-hydrogen) atoms. The highest BCUT2D eigenvalue weighted by Gasteiger charge is 2.45. The molecule has 1 fully saturated rings. The SMILES string of the molecule is CCC1(C)NC(=O)N(CCCNC(=NC)N(C)Cc2ncc(-c3ccccc3)[nH]2)C1=O.I. The van der Waals surface area contributed by atoms with Crippen LogP contribution in [-0.4, -0.2) is 70.4 Å². The van der Waals surface area contributed by atoms with Crippen molar-refractivity contribution in [2.75, 3.05) is 27.2 Å². The third-order valence-corrected chi connectivity index (χ3v) is 5.57. The number of aromatic nitrogens is 2. The molecule has 1 aromatic carbocycles. The molecule has 1 aliphatic heterocycles. The van der Waals surface area contributed by atoms with Crippen molar-refractivity contribution in [2.45, 2.75) is 38.8 Å². The van der Waals surface area contributed by atoms with E-state index in [9.17, 15) is 9.59 Å². The Morgan fingerprint density at radius 3 is 2.62 bits per heavy atom. The third kappa shape index (κ3) is 5.78. The zero-order chi connectivity index (χ0) is 22.4. The summed E-state index contributed by atoms with van der Waals surface area (Å²) in [4.78, 5) is 39.9. The molecule has 0 radical (unpaired) electrons. The smallest absolute Gasteiger partial charge is 0.325 e. The van der Waals surface area contributed by atoms with Crippen LogP contribution in [-0.2, 0) is 11.3 Å². The van der Waals surface area contributed by atoms with Crippen LogP contribution in [0.3, 0.4) is 0 Å². The van der Waals surface area contributed by atoms with Gasteiger partial charge in [0.25, 0.3) is 5.91 Å². The Kier molecular flexibility index (Phi) is 9.05. The number of halogens is 1. The highest BCUT2D eigenvalue weighted by molar-refractivity contribution is 14.0. The molecule has 3 amide bonds. The van der Waals surface area contributed by atoms with Crippen LogP contribution in [0.4, 0.5) is 4.79 Å². The lowest BCUT2D eigenvalue weighted by Gasteiger charge is -2.22. The highest BCUT2D eigenvalue weighted by atomic mass is 127. The molecule has 174 valence electrons. The summed E-state index contributed by atoms with van der Waals surface area (Å²) in [6.45, 7) is 5.18. The Morgan fingerprint density at radius 1 is 1.28 bits per heavy atom. The number of amides is 3. The Balaban J connectivity index is 0.00000363. The van der Waals surface area contributed by atoms with Gasteiger partial charge in [-0.3, -0.25) is 14.7 Å². The minimum atomic E-state index is -0.789. The molecule has 0 aliphatic carbocycles. The third-order valence-electron chi connectivity index (χ3n) is 5.57. The molecule has 1 saturated heterocycles. The molecule has 3 N–H and O–H groups in total. The van der Waals surface area contributed by atoms with Crippen LogP contribution in [0.5, 0.6) is 0 Å². The van der Waals surface area contributed by atoms with Gasteiger partial charge in [-0.05, 0) is 25.3 Å². The lowest BCUT2D eigenvalue weighted by Crippen LogP contribution is -2.43. The number of hydrogen-bond acceptors (Lipinski definition) is 4. The van der Waals surface area contributed by atoms with Crippen LogP contribution in [0.2, 0.25) is 0 Å². The number of aromatic amines is 1. The van der Waals surface area contributed by atoms with Crippen molar-refractivity contribution in [3.05, 3.63) is 42.4 Å². The van der Waals surface area contributed by atoms with E-state index in [0.29, 0.717) is 38.4 Å². The number of nitrogens with one attached hydrogen (secondary N) is 3. The number of nitrogens with zero attached hydrogens (tertiary/aromatic N) is 4. The number of benzene rings is 1. The summed E-state index contributed by atoms with van der Waals surface area (Å²) in [5.74, 6) is 1.39. The lowest BCUT2D eigenvalue weighted by molar-refractivity contribution is -0.130. The summed E-state index contributed by atoms with van der Waals surface area (Å²) in [5, 5.41) is 6.06. The minimum Gasteiger partial charge on any atom is -0.356 e. The van der Waals surface area contributed by atoms with Gasteiger partial charge in [-0.15, -0.1) is 24.0 Å². The molecular weight excluding hydrogens is 521 g/mol. The first kappa shape index (κ1) is 25.6. The second-order valence-electron chi connectivity index (χ2n) is 7.87. The van der Waals surface area contributed by atoms with Crippen molar-refractivity contribution in [3.63, 3.8) is 0 Å². The van der Waals surface area contributed by atoms with E-state index in [0.717, 1.165) is 17.1 Å². The van der Waals surface area contributed by atoms with Gasteiger partial charge in [0.1, 0.15) is 11.4 Å². The molecule has 1 aromatic heterocycles. The fraction of sp³-hybridized carbons (Fsp3) is 0.455. The van der Waals surface area contributed by atoms with E-state index in [2.05, 4.69) is 25.6 Å². The van der Waals surface area contributed by atoms with Crippen LogP contribution in [0.25, 0.3) is 11.3 Å². The van der Waals surface area contributed by atoms with E-state index in [-0.39, 0.29) is 35.9 Å². The van der Waals surface area contributed by atoms with E-state index < -0.39 is 5.54 Å². The lowest BCUT2D eigenvalue weighted by atomic mass is 9.99. The zero-order valence-corrected chi connectivity index (χ0v) is 21.3. The summed E-state index contributed by atoms with van der Waals surface area (Å²) in [5.41, 5.74) is 1.27. The molecule has 10 heteroatoms. The number of urea groups is 1. The first-order chi connectivity index (χ1) is 14.9. The predicted octanol–water partition coefficient (Wildman–Crippen LogP) is 2.81. The Labute approximate surface area is 206 Å². The Bertz CT molecular complexity index is 947. The summed E-state index contributed by atoms with van der Waals surface area (Å²) in [6, 6.07) is 9.74. The van der Waals surface area contributed by atoms with Crippen molar-refractivity contribution >= 4 is 41.9 Å². The monoisotopic (exact) mass is 553 g/mol. The van der Waals surface area contributed by atoms with Gasteiger partial charge in [0.15, 0.2) is 5.96 Å². The zero-order valence-electron chi connectivity index (χ0n) is 19.0. The van der Waals surface area contributed by atoms with Gasteiger partial charge in [-0.2, -0.15) is 0 Å². The van der Waals surface area contributed by atoms with Crippen LogP contribution in [0.1, 0.15) is 32.5 Å². The standard InChI is InChI=1S/C22H31N7O2.HI/c1-5-22(2)19(30)29(21(31)27-22)13-9-12-24-20(23-3)28(4)15-18-25-14-17(26-18)16-10-7-6-8-11-16;/h6-8,10-11,14H,5,9,12-13,15H2,1-4H3,(H,23,24)(H,25,26)(H,27,31);1H. The van der Waals surface area contributed by atoms with Gasteiger partial charge >= 0.3 is 6.03 Å². The van der Waals surface area contributed by atoms with Crippen LogP contribution < -0.4 is 10.6 Å². The molecule has 3 rings (SSSR count). The van der Waals surface area contributed by atoms with Gasteiger partial charge in [0.2, 0.25) is 0 Å². The molecule has 0 spiro atoms. The van der Waals surface area contributed by atoms with E-state index in [1.54, 1.807) is 14.0 Å². The Hall–Kier alpha value is -2.63. The quantitative estimate of drug-likeness (QED) is 0.153. The van der Waals surface area contributed by atoms with Crippen molar-refractivity contribution < 1.29 is 9.59 Å². The van der Waals surface area contributed by atoms with Gasteiger partial charge < -0.3 is 20.5 Å². The number of imide groups is 1. The van der Waals surface area contributed by atoms with Crippen LogP contribution in [0.15, 0.2) is 41.5 Å². The number of H-pyrrole nitrogens is 1. The molecule has 2 heterocycles. The fourth-order valence-electron chi connectivity index (χ4n) is 3.52. The average Bonchev–Trinajstić information content (AvgIpc) is 3.32. The summed E-state index contributed by atoms with van der Waals surface area (Å²) in [6.07, 6.45) is 3.03. The first-order valence-corrected chi connectivity index (χ1v) is 10.5. The van der Waals surface area contributed by atoms with Crippen molar-refractivity contribution in [2.24, 2.45) is 4.99 Å². The van der Waals surface area contributed by atoms with Gasteiger partial charge in [0, 0.05) is 27.2 Å². The summed E-state index contributed by atoms with van der Waals surface area (Å²) in [7, 11) is 3.66. The van der Waals surface area contributed by atoms with E-state index in [1.807, 2.05) is 55.4 Å². The minimum absolute atomic E-state index is 0. The van der Waals surface area contributed by atoms with Crippen LogP contribution >= 0.6 is 24.0 Å². The second-order valence-corrected chi connectivity index (χ2v) is 7.87. The van der Waals surface area contributed by atoms with E-state index in [4.69, 9.17) is 0 Å². The normalized spacial score (nSPS) is 18.4. The first-order valence-electron chi connectivity index (χ1n) is 10.5. The van der Waals surface area contributed by atoms with Crippen molar-refractivity contribution in [3.8, 4) is 11.3 Å². The van der Waals surface area contributed by atoms with E-state index >= 15 is 0 Å². The van der Waals surface area contributed by atoms with Gasteiger partial charge in [0.05, 0.1) is 18.4 Å². The Morgan fingerprint density at radius 2 is 2.00 bits per heavy atom. The summed E-state index contributed by atoms with van der Waals surface area (Å²) >= 11 is 0. The number of hydrogen-bond donors (Lipinski definition) is 3. The number of imidazole rings is 1. The topological polar surface area (TPSA) is 106 Å². The number of aliphatic imine (C=N–C) groups is 1. The molecule has 1 aliphatic rings. The maximum Gasteiger partial charge on any atom is 0.325 e. The molecule has 9 nitrogen and oxygen atoms in total. The fourth-order valence-corrected chi connectivity index (χ4v) is 3.52. The molecule has 1 atom stereocenters. The van der Waals surface area contributed by atoms with Crippen molar-refractivity contribution in [1.82, 2.24) is 30.4 Å². The summed E-state index contributed by atoms with van der Waals surface area (Å²) < 4.78 is 0. The molecular formula is C22H32IN7O2. The largest absolute Gasteiger partial charge is 0.356 e. The van der Waals surface area contributed by atoms with Crippen LogP contribution in [0, 0.1) is 0 Å². The number of guanidine groups is 1. The molecule has 0 bridgehead atoms. The second kappa shape index (κ2) is 11.3. The predicted molar refractivity (Wildman–Crippen MR) is 136 cm³/mol. The van der Waals surface area contributed by atoms with Gasteiger partial charge in [-0.1, -0.05) is 37.3 Å². The molecule has 0 saturated carbocycles. The maximum absolute atomic E-state index is 12.4. The maximum atomic E-state index is 12.4. The van der Waals surface area contributed by atoms with Crippen molar-refractivity contribution in [1.29, 1.82) is 0 Å². The van der Waals surface area contributed by atoms with Gasteiger partial charge in [-0.25, -0.2) is 9.78 Å². The molecule has 1 unspecified atom stereocenters. The molecule has 2 aromatic rings. The number of carbonyl (C=O) groups excluding carboxylic acids is 2. The number of carbonyl (C=O) groups is 2. The highest BCUT2D eigenvalue weighted by Crippen LogP contribution is 2.20. The van der Waals surface area contributed by atoms with E-state index in [1.165, 1.54) is 4.90 Å². The average molecular weight is 553 g/mol.